The Bertz CT molecular complexity index is 152. The van der Waals surface area contributed by atoms with Crippen molar-refractivity contribution in [2.45, 2.75) is 0 Å². The standard InChI is InChI=1S/C6H8N2.BH3/c7-8-6-4-2-1-3-5-6;/h1-5,8H,7H2;1H3. The second kappa shape index (κ2) is 3.98. The van der Waals surface area contributed by atoms with Crippen LogP contribution in [-0.4, -0.2) is 8.41 Å². The van der Waals surface area contributed by atoms with Crippen LogP contribution in [0.1, 0.15) is 0 Å². The topological polar surface area (TPSA) is 38.0 Å². The third-order valence-electron chi connectivity index (χ3n) is 0.940. The lowest BCUT2D eigenvalue weighted by molar-refractivity contribution is 1.35. The summed E-state index contributed by atoms with van der Waals surface area (Å²) < 4.78 is 0. The van der Waals surface area contributed by atoms with Gasteiger partial charge in [-0.2, -0.15) is 0 Å². The molecule has 0 radical (unpaired) electrons. The van der Waals surface area contributed by atoms with Gasteiger partial charge in [-0.15, -0.1) is 0 Å². The maximum atomic E-state index is 5.10. The summed E-state index contributed by atoms with van der Waals surface area (Å²) in [6.07, 6.45) is 0. The van der Waals surface area contributed by atoms with Crippen molar-refractivity contribution in [2.75, 3.05) is 5.43 Å². The van der Waals surface area contributed by atoms with E-state index in [9.17, 15) is 0 Å². The highest BCUT2D eigenvalue weighted by Gasteiger charge is 1.78. The average molecular weight is 122 g/mol. The lowest BCUT2D eigenvalue weighted by atomic mass is 10.3. The molecule has 0 spiro atoms. The summed E-state index contributed by atoms with van der Waals surface area (Å²) in [6, 6.07) is 9.60. The first kappa shape index (κ1) is 8.04. The molecule has 0 atom stereocenters. The fourth-order valence-electron chi connectivity index (χ4n) is 0.534. The van der Waals surface area contributed by atoms with Crippen molar-refractivity contribution < 1.29 is 0 Å². The van der Waals surface area contributed by atoms with E-state index in [-0.39, 0.29) is 8.41 Å². The number of anilines is 1. The Hall–Kier alpha value is -0.955. The molecule has 1 aromatic rings. The largest absolute Gasteiger partial charge is 0.324 e. The van der Waals surface area contributed by atoms with Crippen LogP contribution in [0, 0.1) is 0 Å². The van der Waals surface area contributed by atoms with Gasteiger partial charge in [-0.05, 0) is 12.1 Å². The predicted molar refractivity (Wildman–Crippen MR) is 44.2 cm³/mol. The molecule has 0 aliphatic heterocycles. The van der Waals surface area contributed by atoms with E-state index in [1.54, 1.807) is 0 Å². The van der Waals surface area contributed by atoms with Gasteiger partial charge in [0.15, 0.2) is 0 Å². The maximum absolute atomic E-state index is 5.10. The van der Waals surface area contributed by atoms with E-state index in [2.05, 4.69) is 5.43 Å². The van der Waals surface area contributed by atoms with Crippen LogP contribution in [0.25, 0.3) is 0 Å². The zero-order valence-electron chi connectivity index (χ0n) is 4.46. The van der Waals surface area contributed by atoms with Gasteiger partial charge in [-0.25, -0.2) is 0 Å². The zero-order chi connectivity index (χ0) is 5.82. The first-order valence-electron chi connectivity index (χ1n) is 2.45. The monoisotopic (exact) mass is 122 g/mol. The number of nitrogens with two attached hydrogens (primary N) is 1. The summed E-state index contributed by atoms with van der Waals surface area (Å²) >= 11 is 0. The lowest BCUT2D eigenvalue weighted by Gasteiger charge is -1.94. The van der Waals surface area contributed by atoms with Crippen molar-refractivity contribution in [3.63, 3.8) is 0 Å². The molecule has 0 saturated heterocycles. The zero-order valence-corrected chi connectivity index (χ0v) is 4.46. The number of nitrogens with one attached hydrogen (secondary N) is 1. The second-order valence-corrected chi connectivity index (χ2v) is 1.51. The van der Waals surface area contributed by atoms with Crippen LogP contribution in [0.2, 0.25) is 0 Å². The van der Waals surface area contributed by atoms with Gasteiger partial charge in [0, 0.05) is 5.69 Å². The number of benzene rings is 1. The third-order valence-corrected chi connectivity index (χ3v) is 0.940. The van der Waals surface area contributed by atoms with E-state index in [1.165, 1.54) is 0 Å². The molecule has 0 fully saturated rings. The van der Waals surface area contributed by atoms with Crippen LogP contribution >= 0.6 is 0 Å². The minimum atomic E-state index is 0. The van der Waals surface area contributed by atoms with Crippen molar-refractivity contribution in [3.05, 3.63) is 30.3 Å². The molecular weight excluding hydrogens is 111 g/mol. The number of para-hydroxylation sites is 1. The Morgan fingerprint density at radius 3 is 2.00 bits per heavy atom. The van der Waals surface area contributed by atoms with Crippen molar-refractivity contribution in [3.8, 4) is 0 Å². The van der Waals surface area contributed by atoms with E-state index in [1.807, 2.05) is 30.3 Å². The number of hydrogen-bond donors (Lipinski definition) is 2. The molecule has 0 aliphatic carbocycles. The highest BCUT2D eigenvalue weighted by atomic mass is 15.2. The number of nitrogen functional groups attached to an aromatic ring is 1. The fourth-order valence-corrected chi connectivity index (χ4v) is 0.534. The van der Waals surface area contributed by atoms with E-state index in [4.69, 9.17) is 5.84 Å². The summed E-state index contributed by atoms with van der Waals surface area (Å²) in [5, 5.41) is 0. The summed E-state index contributed by atoms with van der Waals surface area (Å²) in [7, 11) is 0. The second-order valence-electron chi connectivity index (χ2n) is 1.51. The first-order valence-corrected chi connectivity index (χ1v) is 2.45. The van der Waals surface area contributed by atoms with Crippen LogP contribution in [-0.2, 0) is 0 Å². The first-order chi connectivity index (χ1) is 3.93. The highest BCUT2D eigenvalue weighted by Crippen LogP contribution is 2.00. The van der Waals surface area contributed by atoms with Gasteiger partial charge in [-0.1, -0.05) is 18.2 Å². The minimum Gasteiger partial charge on any atom is -0.324 e. The van der Waals surface area contributed by atoms with Gasteiger partial charge in [0.25, 0.3) is 0 Å². The van der Waals surface area contributed by atoms with E-state index >= 15 is 0 Å². The van der Waals surface area contributed by atoms with Gasteiger partial charge >= 0.3 is 0 Å². The summed E-state index contributed by atoms with van der Waals surface area (Å²) in [4.78, 5) is 0. The van der Waals surface area contributed by atoms with E-state index in [0.717, 1.165) is 5.69 Å². The van der Waals surface area contributed by atoms with Crippen LogP contribution < -0.4 is 11.3 Å². The van der Waals surface area contributed by atoms with Gasteiger partial charge < -0.3 is 5.43 Å². The smallest absolute Gasteiger partial charge is 0.0814 e. The quantitative estimate of drug-likeness (QED) is 0.307. The molecule has 3 heteroatoms. The Labute approximate surface area is 56.6 Å². The molecular formula is C6H11BN2. The van der Waals surface area contributed by atoms with Crippen molar-refractivity contribution in [2.24, 2.45) is 5.84 Å². The number of rotatable bonds is 1. The molecule has 1 aromatic carbocycles. The van der Waals surface area contributed by atoms with Crippen LogP contribution in [0.3, 0.4) is 0 Å². The summed E-state index contributed by atoms with van der Waals surface area (Å²) in [5.74, 6) is 5.10. The number of hydrazine groups is 1. The fraction of sp³-hybridized carbons (Fsp3) is 0. The Balaban J connectivity index is 0.000000640. The van der Waals surface area contributed by atoms with Crippen LogP contribution in [0.15, 0.2) is 30.3 Å². The van der Waals surface area contributed by atoms with Gasteiger partial charge in [-0.3, -0.25) is 5.84 Å². The predicted octanol–water partition coefficient (Wildman–Crippen LogP) is -0.212. The molecule has 0 saturated carbocycles. The average Bonchev–Trinajstić information content (AvgIpc) is 1.90. The Morgan fingerprint density at radius 2 is 1.67 bits per heavy atom. The summed E-state index contributed by atoms with van der Waals surface area (Å²) in [6.45, 7) is 0. The molecule has 0 unspecified atom stereocenters. The van der Waals surface area contributed by atoms with E-state index < -0.39 is 0 Å². The van der Waals surface area contributed by atoms with E-state index in [0.29, 0.717) is 0 Å². The molecule has 9 heavy (non-hydrogen) atoms. The molecule has 0 bridgehead atoms. The highest BCUT2D eigenvalue weighted by molar-refractivity contribution is 5.75. The van der Waals surface area contributed by atoms with Crippen molar-refractivity contribution in [1.29, 1.82) is 0 Å². The van der Waals surface area contributed by atoms with Crippen LogP contribution in [0.5, 0.6) is 0 Å². The normalized spacial score (nSPS) is 7.67. The SMILES string of the molecule is B.NNc1ccccc1. The Morgan fingerprint density at radius 1 is 1.11 bits per heavy atom. The molecule has 1 rings (SSSR count). The third kappa shape index (κ3) is 2.19. The van der Waals surface area contributed by atoms with Crippen molar-refractivity contribution >= 4 is 14.1 Å². The van der Waals surface area contributed by atoms with Crippen molar-refractivity contribution in [1.82, 2.24) is 0 Å². The molecule has 3 N–H and O–H groups in total. The summed E-state index contributed by atoms with van der Waals surface area (Å²) in [5.41, 5.74) is 3.46. The maximum Gasteiger partial charge on any atom is 0.0814 e. The molecule has 2 nitrogen and oxygen atoms in total. The molecule has 0 amide bonds. The lowest BCUT2D eigenvalue weighted by Crippen LogP contribution is -2.05. The molecule has 0 heterocycles. The van der Waals surface area contributed by atoms with Gasteiger partial charge in [0.05, 0.1) is 8.41 Å². The molecule has 48 valence electrons. The molecule has 0 aromatic heterocycles. The minimum absolute atomic E-state index is 0. The van der Waals surface area contributed by atoms with Gasteiger partial charge in [0.2, 0.25) is 0 Å². The number of hydrogen-bond acceptors (Lipinski definition) is 2. The molecule has 0 aliphatic rings. The van der Waals surface area contributed by atoms with Gasteiger partial charge in [0.1, 0.15) is 0 Å². The van der Waals surface area contributed by atoms with Crippen LogP contribution in [0.4, 0.5) is 5.69 Å². The Kier molecular flexibility index (Phi) is 3.56.